The molecule has 1 heterocycles. The third kappa shape index (κ3) is 3.12. The fourth-order valence-corrected chi connectivity index (χ4v) is 2.63. The molecule has 0 saturated carbocycles. The molecule has 0 radical (unpaired) electrons. The summed E-state index contributed by atoms with van der Waals surface area (Å²) in [5, 5.41) is 19.2. The highest BCUT2D eigenvalue weighted by Gasteiger charge is 2.15. The summed E-state index contributed by atoms with van der Waals surface area (Å²) in [5.74, 6) is -0.750. The van der Waals surface area contributed by atoms with Gasteiger partial charge in [-0.3, -0.25) is 4.57 Å². The molecule has 3 rings (SSSR count). The summed E-state index contributed by atoms with van der Waals surface area (Å²) in [6.07, 6.45) is 1.31. The largest absolute Gasteiger partial charge is 0.496 e. The SMILES string of the molecule is COc1ccccc1Cn1cc(O)n(-c2cccc(C(=O)O)c2)c1=O. The smallest absolute Gasteiger partial charge is 0.336 e. The van der Waals surface area contributed by atoms with Gasteiger partial charge in [-0.05, 0) is 24.3 Å². The molecular weight excluding hydrogens is 324 g/mol. The summed E-state index contributed by atoms with van der Waals surface area (Å²) in [6.45, 7) is 0.210. The van der Waals surface area contributed by atoms with Gasteiger partial charge in [0.25, 0.3) is 0 Å². The van der Waals surface area contributed by atoms with Gasteiger partial charge in [0, 0.05) is 5.56 Å². The molecule has 3 aromatic rings. The Kier molecular flexibility index (Phi) is 4.30. The Morgan fingerprint density at radius 1 is 1.16 bits per heavy atom. The van der Waals surface area contributed by atoms with Gasteiger partial charge in [0.2, 0.25) is 5.88 Å². The Bertz CT molecular complexity index is 987. The summed E-state index contributed by atoms with van der Waals surface area (Å²) in [5.41, 5.74) is 0.608. The number of aromatic nitrogens is 2. The van der Waals surface area contributed by atoms with Gasteiger partial charge in [-0.1, -0.05) is 24.3 Å². The number of nitrogens with zero attached hydrogens (tertiary/aromatic N) is 2. The molecule has 0 bridgehead atoms. The highest BCUT2D eigenvalue weighted by molar-refractivity contribution is 5.88. The van der Waals surface area contributed by atoms with Crippen LogP contribution in [0.5, 0.6) is 11.6 Å². The van der Waals surface area contributed by atoms with Crippen molar-refractivity contribution < 1.29 is 19.7 Å². The fourth-order valence-electron chi connectivity index (χ4n) is 2.63. The summed E-state index contributed by atoms with van der Waals surface area (Å²) in [7, 11) is 1.54. The molecule has 0 unspecified atom stereocenters. The van der Waals surface area contributed by atoms with Crippen LogP contribution < -0.4 is 10.4 Å². The molecule has 2 N–H and O–H groups in total. The van der Waals surface area contributed by atoms with Crippen LogP contribution in [0.25, 0.3) is 5.69 Å². The zero-order chi connectivity index (χ0) is 18.0. The van der Waals surface area contributed by atoms with Crippen molar-refractivity contribution in [1.82, 2.24) is 9.13 Å². The normalized spacial score (nSPS) is 10.6. The van der Waals surface area contributed by atoms with E-state index in [0.29, 0.717) is 5.75 Å². The second-order valence-corrected chi connectivity index (χ2v) is 5.40. The molecule has 0 spiro atoms. The predicted octanol–water partition coefficient (Wildman–Crippen LogP) is 2.10. The van der Waals surface area contributed by atoms with Crippen molar-refractivity contribution in [3.8, 4) is 17.3 Å². The summed E-state index contributed by atoms with van der Waals surface area (Å²) >= 11 is 0. The van der Waals surface area contributed by atoms with E-state index in [1.54, 1.807) is 19.2 Å². The first-order chi connectivity index (χ1) is 12.0. The van der Waals surface area contributed by atoms with E-state index in [1.807, 2.05) is 18.2 Å². The van der Waals surface area contributed by atoms with Crippen LogP contribution in [0, 0.1) is 0 Å². The zero-order valence-electron chi connectivity index (χ0n) is 13.4. The molecule has 0 saturated heterocycles. The van der Waals surface area contributed by atoms with Gasteiger partial charge in [0.05, 0.1) is 31.1 Å². The van der Waals surface area contributed by atoms with E-state index in [1.165, 1.54) is 29.0 Å². The number of aromatic carboxylic acids is 1. The number of carboxylic acid groups (broad SMARTS) is 1. The summed E-state index contributed by atoms with van der Waals surface area (Å²) in [6, 6.07) is 13.1. The molecule has 1 aromatic heterocycles. The Morgan fingerprint density at radius 2 is 1.92 bits per heavy atom. The Morgan fingerprint density at radius 3 is 2.64 bits per heavy atom. The maximum Gasteiger partial charge on any atom is 0.336 e. The van der Waals surface area contributed by atoms with Crippen molar-refractivity contribution in [1.29, 1.82) is 0 Å². The molecule has 0 aliphatic carbocycles. The molecule has 2 aromatic carbocycles. The molecule has 0 aliphatic heterocycles. The average molecular weight is 340 g/mol. The minimum atomic E-state index is -1.11. The van der Waals surface area contributed by atoms with E-state index in [-0.39, 0.29) is 23.7 Å². The van der Waals surface area contributed by atoms with Gasteiger partial charge in [-0.25, -0.2) is 14.2 Å². The Labute approximate surface area is 143 Å². The monoisotopic (exact) mass is 340 g/mol. The lowest BCUT2D eigenvalue weighted by Crippen LogP contribution is -2.23. The molecule has 128 valence electrons. The van der Waals surface area contributed by atoms with E-state index in [9.17, 15) is 14.7 Å². The highest BCUT2D eigenvalue weighted by atomic mass is 16.5. The van der Waals surface area contributed by atoms with Crippen molar-refractivity contribution >= 4 is 5.97 Å². The number of hydrogen-bond donors (Lipinski definition) is 2. The zero-order valence-corrected chi connectivity index (χ0v) is 13.4. The number of imidazole rings is 1. The van der Waals surface area contributed by atoms with Crippen molar-refractivity contribution in [2.75, 3.05) is 7.11 Å². The topological polar surface area (TPSA) is 93.7 Å². The number of methoxy groups -OCH3 is 1. The molecule has 7 nitrogen and oxygen atoms in total. The minimum Gasteiger partial charge on any atom is -0.496 e. The standard InChI is InChI=1S/C18H16N2O5/c1-25-15-8-3-2-5-13(15)10-19-11-16(21)20(18(19)24)14-7-4-6-12(9-14)17(22)23/h2-9,11,21H,10H2,1H3,(H,22,23). The molecule has 0 amide bonds. The van der Waals surface area contributed by atoms with Crippen molar-refractivity contribution in [2.24, 2.45) is 0 Å². The first-order valence-corrected chi connectivity index (χ1v) is 7.48. The van der Waals surface area contributed by atoms with Gasteiger partial charge >= 0.3 is 11.7 Å². The summed E-state index contributed by atoms with van der Waals surface area (Å²) in [4.78, 5) is 23.8. The van der Waals surface area contributed by atoms with Gasteiger partial charge in [0.15, 0.2) is 0 Å². The second kappa shape index (κ2) is 6.56. The molecule has 0 atom stereocenters. The van der Waals surface area contributed by atoms with Gasteiger partial charge in [0.1, 0.15) is 5.75 Å². The third-order valence-corrected chi connectivity index (χ3v) is 3.82. The second-order valence-electron chi connectivity index (χ2n) is 5.40. The Balaban J connectivity index is 2.03. The van der Waals surface area contributed by atoms with Crippen LogP contribution in [0.2, 0.25) is 0 Å². The van der Waals surface area contributed by atoms with Crippen molar-refractivity contribution in [3.05, 3.63) is 76.3 Å². The lowest BCUT2D eigenvalue weighted by atomic mass is 10.2. The number of carbonyl (C=O) groups is 1. The number of ether oxygens (including phenoxy) is 1. The van der Waals surface area contributed by atoms with E-state index >= 15 is 0 Å². The lowest BCUT2D eigenvalue weighted by Gasteiger charge is -2.08. The van der Waals surface area contributed by atoms with Crippen LogP contribution in [0.3, 0.4) is 0 Å². The quantitative estimate of drug-likeness (QED) is 0.742. The number of aromatic hydroxyl groups is 1. The number of hydrogen-bond acceptors (Lipinski definition) is 4. The minimum absolute atomic E-state index is 0.0290. The third-order valence-electron chi connectivity index (χ3n) is 3.82. The van der Waals surface area contributed by atoms with Crippen LogP contribution in [0.15, 0.2) is 59.5 Å². The van der Waals surface area contributed by atoms with Crippen LogP contribution in [0.1, 0.15) is 15.9 Å². The molecule has 0 fully saturated rings. The first-order valence-electron chi connectivity index (χ1n) is 7.48. The Hall–Kier alpha value is -3.48. The maximum atomic E-state index is 12.7. The summed E-state index contributed by atoms with van der Waals surface area (Å²) < 4.78 is 7.66. The number of benzene rings is 2. The predicted molar refractivity (Wildman–Crippen MR) is 90.7 cm³/mol. The van der Waals surface area contributed by atoms with E-state index in [2.05, 4.69) is 0 Å². The lowest BCUT2D eigenvalue weighted by molar-refractivity contribution is 0.0697. The number of para-hydroxylation sites is 1. The van der Waals surface area contributed by atoms with E-state index in [4.69, 9.17) is 9.84 Å². The fraction of sp³-hybridized carbons (Fsp3) is 0.111. The van der Waals surface area contributed by atoms with E-state index in [0.717, 1.165) is 10.1 Å². The van der Waals surface area contributed by atoms with Crippen LogP contribution in [-0.2, 0) is 6.54 Å². The first kappa shape index (κ1) is 16.4. The molecule has 25 heavy (non-hydrogen) atoms. The van der Waals surface area contributed by atoms with Gasteiger partial charge in [-0.15, -0.1) is 0 Å². The molecule has 7 heteroatoms. The van der Waals surface area contributed by atoms with Gasteiger partial charge < -0.3 is 14.9 Å². The maximum absolute atomic E-state index is 12.7. The van der Waals surface area contributed by atoms with Crippen molar-refractivity contribution in [2.45, 2.75) is 6.54 Å². The van der Waals surface area contributed by atoms with Gasteiger partial charge in [-0.2, -0.15) is 0 Å². The van der Waals surface area contributed by atoms with E-state index < -0.39 is 11.7 Å². The van der Waals surface area contributed by atoms with Crippen molar-refractivity contribution in [3.63, 3.8) is 0 Å². The number of carboxylic acids is 1. The molecule has 0 aliphatic rings. The van der Waals surface area contributed by atoms with Crippen LogP contribution in [0.4, 0.5) is 0 Å². The molecular formula is C18H16N2O5. The number of rotatable bonds is 5. The highest BCUT2D eigenvalue weighted by Crippen LogP contribution is 2.20. The average Bonchev–Trinajstić information content (AvgIpc) is 2.89. The van der Waals surface area contributed by atoms with Crippen LogP contribution in [-0.4, -0.2) is 32.4 Å². The van der Waals surface area contributed by atoms with Crippen LogP contribution >= 0.6 is 0 Å².